The summed E-state index contributed by atoms with van der Waals surface area (Å²) < 4.78 is 0. The first-order valence-electron chi connectivity index (χ1n) is 8.93. The van der Waals surface area contributed by atoms with Crippen LogP contribution in [0.1, 0.15) is 49.6 Å². The van der Waals surface area contributed by atoms with Crippen molar-refractivity contribution in [3.63, 3.8) is 0 Å². The van der Waals surface area contributed by atoms with Crippen LogP contribution in [0.5, 0.6) is 0 Å². The minimum absolute atomic E-state index is 0.690. The van der Waals surface area contributed by atoms with Gasteiger partial charge in [-0.05, 0) is 37.8 Å². The van der Waals surface area contributed by atoms with E-state index < -0.39 is 0 Å². The van der Waals surface area contributed by atoms with E-state index in [0.29, 0.717) is 6.04 Å². The van der Waals surface area contributed by atoms with Crippen LogP contribution >= 0.6 is 0 Å². The standard InChI is InChI=1S/C20H27N3/c1-2-20-21-14-18(15-22-20)16-23-13-7-6-10-19(23)12-11-17-8-4-3-5-9-17/h3-5,8-9,14-15,19H,2,6-7,10-13,16H2,1H3/t19-/m0/s1. The molecule has 1 aliphatic rings. The van der Waals surface area contributed by atoms with E-state index in [9.17, 15) is 0 Å². The maximum atomic E-state index is 4.44. The van der Waals surface area contributed by atoms with Gasteiger partial charge in [-0.1, -0.05) is 43.7 Å². The highest BCUT2D eigenvalue weighted by atomic mass is 15.2. The van der Waals surface area contributed by atoms with Crippen LogP contribution in [-0.2, 0) is 19.4 Å². The molecule has 3 rings (SSSR count). The lowest BCUT2D eigenvalue weighted by molar-refractivity contribution is 0.132. The van der Waals surface area contributed by atoms with Crippen LogP contribution in [0.4, 0.5) is 0 Å². The first kappa shape index (κ1) is 16.1. The molecule has 0 bridgehead atoms. The summed E-state index contributed by atoms with van der Waals surface area (Å²) in [6.07, 6.45) is 11.3. The van der Waals surface area contributed by atoms with Crippen molar-refractivity contribution in [1.82, 2.24) is 14.9 Å². The van der Waals surface area contributed by atoms with Gasteiger partial charge >= 0.3 is 0 Å². The molecule has 23 heavy (non-hydrogen) atoms. The molecular weight excluding hydrogens is 282 g/mol. The quantitative estimate of drug-likeness (QED) is 0.807. The summed E-state index contributed by atoms with van der Waals surface area (Å²) in [5, 5.41) is 0. The number of aromatic nitrogens is 2. The predicted octanol–water partition coefficient (Wildman–Crippen LogP) is 4.03. The first-order valence-corrected chi connectivity index (χ1v) is 8.93. The van der Waals surface area contributed by atoms with E-state index in [4.69, 9.17) is 0 Å². The van der Waals surface area contributed by atoms with E-state index >= 15 is 0 Å². The molecule has 2 heterocycles. The average Bonchev–Trinajstić information content (AvgIpc) is 2.62. The zero-order chi connectivity index (χ0) is 15.9. The highest BCUT2D eigenvalue weighted by Gasteiger charge is 2.22. The minimum atomic E-state index is 0.690. The van der Waals surface area contributed by atoms with Gasteiger partial charge < -0.3 is 0 Å². The number of hydrogen-bond donors (Lipinski definition) is 0. The second-order valence-corrected chi connectivity index (χ2v) is 6.51. The van der Waals surface area contributed by atoms with Crippen molar-refractivity contribution in [2.75, 3.05) is 6.54 Å². The smallest absolute Gasteiger partial charge is 0.127 e. The Balaban J connectivity index is 1.59. The number of benzene rings is 1. The maximum Gasteiger partial charge on any atom is 0.127 e. The number of rotatable bonds is 6. The summed E-state index contributed by atoms with van der Waals surface area (Å²) in [4.78, 5) is 11.5. The Hall–Kier alpha value is -1.74. The number of hydrogen-bond acceptors (Lipinski definition) is 3. The lowest BCUT2D eigenvalue weighted by Gasteiger charge is -2.35. The summed E-state index contributed by atoms with van der Waals surface area (Å²) >= 11 is 0. The monoisotopic (exact) mass is 309 g/mol. The lowest BCUT2D eigenvalue weighted by atomic mass is 9.95. The van der Waals surface area contributed by atoms with E-state index in [1.807, 2.05) is 12.4 Å². The molecule has 1 aromatic heterocycles. The van der Waals surface area contributed by atoms with Crippen LogP contribution < -0.4 is 0 Å². The molecule has 1 fully saturated rings. The van der Waals surface area contributed by atoms with Crippen LogP contribution in [-0.4, -0.2) is 27.5 Å². The van der Waals surface area contributed by atoms with Gasteiger partial charge in [-0.2, -0.15) is 0 Å². The third-order valence-electron chi connectivity index (χ3n) is 4.82. The summed E-state index contributed by atoms with van der Waals surface area (Å²) in [7, 11) is 0. The molecule has 1 saturated heterocycles. The third-order valence-corrected chi connectivity index (χ3v) is 4.82. The molecule has 0 N–H and O–H groups in total. The topological polar surface area (TPSA) is 29.0 Å². The Morgan fingerprint density at radius 1 is 1.04 bits per heavy atom. The van der Waals surface area contributed by atoms with Crippen molar-refractivity contribution in [2.45, 2.75) is 58.0 Å². The van der Waals surface area contributed by atoms with Gasteiger partial charge in [0.2, 0.25) is 0 Å². The van der Waals surface area contributed by atoms with Crippen molar-refractivity contribution >= 4 is 0 Å². The maximum absolute atomic E-state index is 4.44. The molecule has 122 valence electrons. The van der Waals surface area contributed by atoms with Gasteiger partial charge in [-0.25, -0.2) is 9.97 Å². The van der Waals surface area contributed by atoms with Crippen molar-refractivity contribution in [1.29, 1.82) is 0 Å². The van der Waals surface area contributed by atoms with Gasteiger partial charge in [0.25, 0.3) is 0 Å². The van der Waals surface area contributed by atoms with Crippen molar-refractivity contribution in [2.24, 2.45) is 0 Å². The molecule has 1 aromatic carbocycles. The Morgan fingerprint density at radius 3 is 2.57 bits per heavy atom. The average molecular weight is 309 g/mol. The normalized spacial score (nSPS) is 18.9. The zero-order valence-electron chi connectivity index (χ0n) is 14.1. The van der Waals surface area contributed by atoms with Crippen LogP contribution in [0.2, 0.25) is 0 Å². The predicted molar refractivity (Wildman–Crippen MR) is 94.2 cm³/mol. The van der Waals surface area contributed by atoms with E-state index in [1.165, 1.54) is 49.8 Å². The molecule has 1 aliphatic heterocycles. The van der Waals surface area contributed by atoms with Crippen LogP contribution in [0, 0.1) is 0 Å². The Kier molecular flexibility index (Phi) is 5.76. The van der Waals surface area contributed by atoms with Crippen LogP contribution in [0.15, 0.2) is 42.7 Å². The van der Waals surface area contributed by atoms with Crippen LogP contribution in [0.25, 0.3) is 0 Å². The fraction of sp³-hybridized carbons (Fsp3) is 0.500. The SMILES string of the molecule is CCc1ncc(CN2CCCC[C@H]2CCc2ccccc2)cn1. The molecular formula is C20H27N3. The molecule has 0 radical (unpaired) electrons. The molecule has 0 aliphatic carbocycles. The van der Waals surface area contributed by atoms with Crippen LogP contribution in [0.3, 0.4) is 0 Å². The molecule has 3 heteroatoms. The fourth-order valence-electron chi connectivity index (χ4n) is 3.45. The fourth-order valence-corrected chi connectivity index (χ4v) is 3.45. The second-order valence-electron chi connectivity index (χ2n) is 6.51. The van der Waals surface area contributed by atoms with Crippen molar-refractivity contribution in [3.8, 4) is 0 Å². The summed E-state index contributed by atoms with van der Waals surface area (Å²) in [5.74, 6) is 0.938. The van der Waals surface area contributed by atoms with E-state index in [-0.39, 0.29) is 0 Å². The first-order chi connectivity index (χ1) is 11.3. The van der Waals surface area contributed by atoms with E-state index in [1.54, 1.807) is 0 Å². The number of aryl methyl sites for hydroxylation is 2. The molecule has 3 nitrogen and oxygen atoms in total. The van der Waals surface area contributed by atoms with Gasteiger partial charge in [-0.15, -0.1) is 0 Å². The minimum Gasteiger partial charge on any atom is -0.296 e. The zero-order valence-corrected chi connectivity index (χ0v) is 14.1. The summed E-state index contributed by atoms with van der Waals surface area (Å²) in [6.45, 7) is 4.29. The molecule has 0 amide bonds. The number of likely N-dealkylation sites (tertiary alicyclic amines) is 1. The molecule has 0 unspecified atom stereocenters. The number of nitrogens with zero attached hydrogens (tertiary/aromatic N) is 3. The number of piperidine rings is 1. The van der Waals surface area contributed by atoms with Gasteiger partial charge in [0.05, 0.1) is 0 Å². The molecule has 0 saturated carbocycles. The van der Waals surface area contributed by atoms with Gasteiger partial charge in [0, 0.05) is 37.0 Å². The third kappa shape index (κ3) is 4.61. The highest BCUT2D eigenvalue weighted by molar-refractivity contribution is 5.15. The summed E-state index contributed by atoms with van der Waals surface area (Å²) in [5.41, 5.74) is 2.70. The van der Waals surface area contributed by atoms with Gasteiger partial charge in [-0.3, -0.25) is 4.90 Å². The Bertz CT molecular complexity index is 580. The van der Waals surface area contributed by atoms with Gasteiger partial charge in [0.15, 0.2) is 0 Å². The molecule has 1 atom stereocenters. The molecule has 0 spiro atoms. The largest absolute Gasteiger partial charge is 0.296 e. The Morgan fingerprint density at radius 2 is 1.83 bits per heavy atom. The van der Waals surface area contributed by atoms with E-state index in [0.717, 1.165) is 18.8 Å². The lowest BCUT2D eigenvalue weighted by Crippen LogP contribution is -2.39. The second kappa shape index (κ2) is 8.21. The highest BCUT2D eigenvalue weighted by Crippen LogP contribution is 2.23. The van der Waals surface area contributed by atoms with Crippen molar-refractivity contribution < 1.29 is 0 Å². The molecule has 2 aromatic rings. The van der Waals surface area contributed by atoms with Gasteiger partial charge in [0.1, 0.15) is 5.82 Å². The Labute approximate surface area is 139 Å². The summed E-state index contributed by atoms with van der Waals surface area (Å²) in [6, 6.07) is 11.5. The van der Waals surface area contributed by atoms with Crippen molar-refractivity contribution in [3.05, 3.63) is 59.7 Å². The van der Waals surface area contributed by atoms with E-state index in [2.05, 4.69) is 52.1 Å².